The molecular weight excluding hydrogens is 562 g/mol. The van der Waals surface area contributed by atoms with Gasteiger partial charge in [0, 0.05) is 60.6 Å². The lowest BCUT2D eigenvalue weighted by Gasteiger charge is -2.15. The Morgan fingerprint density at radius 1 is 1.04 bits per heavy atom. The van der Waals surface area contributed by atoms with E-state index in [1.165, 1.54) is 0 Å². The molecule has 0 unspecified atom stereocenters. The maximum Gasteiger partial charge on any atom is 0.274 e. The molecule has 2 aromatic heterocycles. The standard InChI is InChI=1S/C37H35N5O3/c1-23-14-27(32(26-7-8-26)15-29(23)22-43)9-10-28-18-39-19-34(33(28)16-38)31-4-3-5-35(24(31)2)41-37(45)36-11-6-25(17-40-36)20-42-13-12-30(44)21-42/h3-6,9-11,14-15,17-19,22,26,30,44H,7-8,12-13,20-21H2,1-2H3,(H,41,45)/b10-9+/t30-/m1/s1. The number of nitriles is 1. The normalized spacial score (nSPS) is 16.5. The van der Waals surface area contributed by atoms with Crippen LogP contribution in [0.2, 0.25) is 0 Å². The van der Waals surface area contributed by atoms with Gasteiger partial charge in [0.2, 0.25) is 0 Å². The number of hydrogen-bond acceptors (Lipinski definition) is 7. The van der Waals surface area contributed by atoms with Gasteiger partial charge in [-0.15, -0.1) is 0 Å². The van der Waals surface area contributed by atoms with Crippen molar-refractivity contribution in [3.8, 4) is 17.2 Å². The summed E-state index contributed by atoms with van der Waals surface area (Å²) < 4.78 is 0. The number of aliphatic hydroxyl groups excluding tert-OH is 1. The minimum Gasteiger partial charge on any atom is -0.392 e. The molecule has 1 amide bonds. The van der Waals surface area contributed by atoms with E-state index in [-0.39, 0.29) is 12.0 Å². The molecule has 45 heavy (non-hydrogen) atoms. The van der Waals surface area contributed by atoms with Crippen LogP contribution in [0, 0.1) is 25.2 Å². The van der Waals surface area contributed by atoms with Crippen molar-refractivity contribution in [3.05, 3.63) is 111 Å². The fourth-order valence-corrected chi connectivity index (χ4v) is 6.01. The lowest BCUT2D eigenvalue weighted by Crippen LogP contribution is -2.21. The number of aliphatic hydroxyl groups is 1. The van der Waals surface area contributed by atoms with Gasteiger partial charge in [-0.05, 0) is 90.6 Å². The molecule has 0 radical (unpaired) electrons. The number of β-amino-alcohol motifs (C(OH)–C–C–N with tert-alkyl or cyclic N) is 1. The molecule has 1 atom stereocenters. The summed E-state index contributed by atoms with van der Waals surface area (Å²) >= 11 is 0. The number of aryl methyl sites for hydroxylation is 1. The first-order valence-electron chi connectivity index (χ1n) is 15.3. The zero-order valence-electron chi connectivity index (χ0n) is 25.5. The van der Waals surface area contributed by atoms with Crippen LogP contribution < -0.4 is 5.32 Å². The molecule has 8 nitrogen and oxygen atoms in total. The molecule has 0 bridgehead atoms. The van der Waals surface area contributed by atoms with E-state index >= 15 is 0 Å². The highest BCUT2D eigenvalue weighted by Gasteiger charge is 2.26. The number of likely N-dealkylation sites (tertiary alicyclic amines) is 1. The summed E-state index contributed by atoms with van der Waals surface area (Å²) in [5, 5.41) is 23.0. The largest absolute Gasteiger partial charge is 0.392 e. The molecule has 2 N–H and O–H groups in total. The first-order chi connectivity index (χ1) is 21.8. The van der Waals surface area contributed by atoms with Gasteiger partial charge in [0.1, 0.15) is 18.0 Å². The van der Waals surface area contributed by atoms with Crippen LogP contribution in [0.5, 0.6) is 0 Å². The first-order valence-corrected chi connectivity index (χ1v) is 15.3. The molecule has 1 saturated heterocycles. The van der Waals surface area contributed by atoms with E-state index < -0.39 is 0 Å². The minimum atomic E-state index is -0.323. The number of aldehydes is 1. The van der Waals surface area contributed by atoms with E-state index in [0.717, 1.165) is 65.5 Å². The van der Waals surface area contributed by atoms with Crippen molar-refractivity contribution in [3.63, 3.8) is 0 Å². The van der Waals surface area contributed by atoms with Gasteiger partial charge in [-0.1, -0.05) is 36.4 Å². The van der Waals surface area contributed by atoms with E-state index in [4.69, 9.17) is 0 Å². The molecule has 2 aromatic carbocycles. The molecule has 8 heteroatoms. The molecule has 226 valence electrons. The van der Waals surface area contributed by atoms with E-state index in [1.807, 2.05) is 62.4 Å². The number of nitrogens with one attached hydrogen (secondary N) is 1. The maximum atomic E-state index is 13.1. The van der Waals surface area contributed by atoms with Gasteiger partial charge < -0.3 is 10.4 Å². The van der Waals surface area contributed by atoms with Gasteiger partial charge in [-0.2, -0.15) is 5.26 Å². The van der Waals surface area contributed by atoms with Crippen molar-refractivity contribution in [1.29, 1.82) is 5.26 Å². The Bertz CT molecular complexity index is 1840. The SMILES string of the molecule is Cc1cc(/C=C/c2cncc(-c3cccc(NC(=O)c4ccc(CN5CC[C@@H](O)C5)cn4)c3C)c2C#N)c(C2CC2)cc1C=O. The van der Waals surface area contributed by atoms with Crippen molar-refractivity contribution < 1.29 is 14.7 Å². The summed E-state index contributed by atoms with van der Waals surface area (Å²) in [6.07, 6.45) is 12.6. The number of carbonyl (C=O) groups is 2. The number of benzene rings is 2. The summed E-state index contributed by atoms with van der Waals surface area (Å²) in [5.41, 5.74) is 9.23. The van der Waals surface area contributed by atoms with Crippen molar-refractivity contribution in [2.75, 3.05) is 18.4 Å². The molecule has 3 heterocycles. The molecule has 1 saturated carbocycles. The number of anilines is 1. The lowest BCUT2D eigenvalue weighted by molar-refractivity contribution is 0.102. The smallest absolute Gasteiger partial charge is 0.274 e. The Labute approximate surface area is 263 Å². The van der Waals surface area contributed by atoms with Crippen LogP contribution in [-0.2, 0) is 6.54 Å². The molecular formula is C37H35N5O3. The summed E-state index contributed by atoms with van der Waals surface area (Å²) in [5.74, 6) is 0.138. The highest BCUT2D eigenvalue weighted by Crippen LogP contribution is 2.43. The predicted molar refractivity (Wildman–Crippen MR) is 175 cm³/mol. The Hall–Kier alpha value is -4.97. The zero-order valence-corrected chi connectivity index (χ0v) is 25.5. The fraction of sp³-hybridized carbons (Fsp3) is 0.270. The number of rotatable bonds is 9. The van der Waals surface area contributed by atoms with Gasteiger partial charge in [0.15, 0.2) is 0 Å². The van der Waals surface area contributed by atoms with Crippen LogP contribution >= 0.6 is 0 Å². The highest BCUT2D eigenvalue weighted by molar-refractivity contribution is 6.04. The predicted octanol–water partition coefficient (Wildman–Crippen LogP) is 6.31. The Balaban J connectivity index is 1.23. The van der Waals surface area contributed by atoms with Gasteiger partial charge in [-0.3, -0.25) is 24.5 Å². The summed E-state index contributed by atoms with van der Waals surface area (Å²) in [4.78, 5) is 35.7. The second-order valence-electron chi connectivity index (χ2n) is 12.0. The number of amides is 1. The quantitative estimate of drug-likeness (QED) is 0.217. The van der Waals surface area contributed by atoms with Crippen LogP contribution in [-0.4, -0.2) is 51.4 Å². The summed E-state index contributed by atoms with van der Waals surface area (Å²) in [6, 6.07) is 15.6. The molecule has 4 aromatic rings. The molecule has 0 spiro atoms. The summed E-state index contributed by atoms with van der Waals surface area (Å²) in [6.45, 7) is 6.03. The van der Waals surface area contributed by atoms with Crippen LogP contribution in [0.3, 0.4) is 0 Å². The molecule has 2 fully saturated rings. The van der Waals surface area contributed by atoms with Gasteiger partial charge in [0.25, 0.3) is 5.91 Å². The Morgan fingerprint density at radius 2 is 1.87 bits per heavy atom. The Kier molecular flexibility index (Phi) is 8.65. The molecule has 2 aliphatic rings. The minimum absolute atomic E-state index is 0.279. The average molecular weight is 598 g/mol. The third kappa shape index (κ3) is 6.60. The second-order valence-corrected chi connectivity index (χ2v) is 12.0. The average Bonchev–Trinajstić information content (AvgIpc) is 3.81. The van der Waals surface area contributed by atoms with Crippen LogP contribution in [0.25, 0.3) is 23.3 Å². The topological polar surface area (TPSA) is 119 Å². The highest BCUT2D eigenvalue weighted by atomic mass is 16.3. The zero-order chi connectivity index (χ0) is 31.5. The second kappa shape index (κ2) is 12.9. The van der Waals surface area contributed by atoms with Gasteiger partial charge >= 0.3 is 0 Å². The number of aromatic nitrogens is 2. The van der Waals surface area contributed by atoms with Gasteiger partial charge in [0.05, 0.1) is 11.7 Å². The van der Waals surface area contributed by atoms with Crippen molar-refractivity contribution >= 4 is 30.0 Å². The van der Waals surface area contributed by atoms with E-state index in [9.17, 15) is 20.0 Å². The Morgan fingerprint density at radius 3 is 2.56 bits per heavy atom. The third-order valence-corrected chi connectivity index (χ3v) is 8.73. The first kappa shape index (κ1) is 30.1. The van der Waals surface area contributed by atoms with Crippen molar-refractivity contribution in [1.82, 2.24) is 14.9 Å². The number of pyridine rings is 2. The van der Waals surface area contributed by atoms with Crippen LogP contribution in [0.4, 0.5) is 5.69 Å². The maximum absolute atomic E-state index is 13.1. The lowest BCUT2D eigenvalue weighted by atomic mass is 9.93. The van der Waals surface area contributed by atoms with Crippen molar-refractivity contribution in [2.24, 2.45) is 0 Å². The van der Waals surface area contributed by atoms with Crippen LogP contribution in [0.1, 0.15) is 85.0 Å². The molecule has 6 rings (SSSR count). The molecule has 1 aliphatic heterocycles. The summed E-state index contributed by atoms with van der Waals surface area (Å²) in [7, 11) is 0. The third-order valence-electron chi connectivity index (χ3n) is 8.73. The number of carbonyl (C=O) groups excluding carboxylic acids is 2. The van der Waals surface area contributed by atoms with E-state index in [1.54, 1.807) is 24.7 Å². The van der Waals surface area contributed by atoms with Crippen LogP contribution in [0.15, 0.2) is 61.1 Å². The molecule has 1 aliphatic carbocycles. The number of hydrogen-bond donors (Lipinski definition) is 2. The van der Waals surface area contributed by atoms with Gasteiger partial charge in [-0.25, -0.2) is 0 Å². The van der Waals surface area contributed by atoms with E-state index in [2.05, 4.69) is 26.3 Å². The van der Waals surface area contributed by atoms with Crippen molar-refractivity contribution in [2.45, 2.75) is 51.7 Å². The monoisotopic (exact) mass is 597 g/mol. The van der Waals surface area contributed by atoms with E-state index in [0.29, 0.717) is 52.6 Å². The fourth-order valence-electron chi connectivity index (χ4n) is 6.01. The number of nitrogens with zero attached hydrogens (tertiary/aromatic N) is 4.